The second-order valence-corrected chi connectivity index (χ2v) is 11.6. The molecule has 3 amide bonds. The van der Waals surface area contributed by atoms with Crippen molar-refractivity contribution < 1.29 is 32.7 Å². The standard InChI is InChI=1S/C30H34ClF2N3O5/c1-29(12-6-13-29)17-24(27(39)35-23(18-37)15-20-11-14-34-26(20)38)36-28(40)41-25(19-7-3-2-4-8-19)30(32,33)21-9-5-10-22(31)16-21/h2-5,7-10,16,18,20,23-25H,6,11-15,17H2,1H3,(H,34,38)(H,35,39)(H,36,40)/t20-,23-,24?,25?/m0/s1. The van der Waals surface area contributed by atoms with Crippen molar-refractivity contribution >= 4 is 35.8 Å². The lowest BCUT2D eigenvalue weighted by Crippen LogP contribution is -2.53. The number of halogens is 3. The van der Waals surface area contributed by atoms with Crippen LogP contribution >= 0.6 is 11.6 Å². The van der Waals surface area contributed by atoms with Gasteiger partial charge in [-0.25, -0.2) is 4.79 Å². The molecule has 0 spiro atoms. The van der Waals surface area contributed by atoms with Gasteiger partial charge in [0.05, 0.1) is 6.04 Å². The highest BCUT2D eigenvalue weighted by Gasteiger charge is 2.46. The lowest BCUT2D eigenvalue weighted by Gasteiger charge is -2.41. The van der Waals surface area contributed by atoms with E-state index in [4.69, 9.17) is 16.3 Å². The van der Waals surface area contributed by atoms with Crippen molar-refractivity contribution in [1.82, 2.24) is 16.0 Å². The summed E-state index contributed by atoms with van der Waals surface area (Å²) in [6.45, 7) is 2.48. The van der Waals surface area contributed by atoms with Crippen molar-refractivity contribution in [2.24, 2.45) is 11.3 Å². The first-order valence-corrected chi connectivity index (χ1v) is 14.1. The zero-order valence-electron chi connectivity index (χ0n) is 22.7. The van der Waals surface area contributed by atoms with Crippen molar-refractivity contribution in [3.05, 3.63) is 70.7 Å². The average molecular weight is 590 g/mol. The molecule has 8 nitrogen and oxygen atoms in total. The van der Waals surface area contributed by atoms with Gasteiger partial charge in [-0.1, -0.05) is 67.4 Å². The number of benzene rings is 2. The van der Waals surface area contributed by atoms with E-state index in [2.05, 4.69) is 16.0 Å². The van der Waals surface area contributed by atoms with E-state index in [0.29, 0.717) is 19.3 Å². The minimum Gasteiger partial charge on any atom is -0.434 e. The molecule has 1 heterocycles. The van der Waals surface area contributed by atoms with Crippen molar-refractivity contribution in [3.8, 4) is 0 Å². The van der Waals surface area contributed by atoms with Crippen LogP contribution in [0.2, 0.25) is 5.02 Å². The zero-order valence-corrected chi connectivity index (χ0v) is 23.5. The Morgan fingerprint density at radius 1 is 1.17 bits per heavy atom. The number of ether oxygens (including phenoxy) is 1. The third kappa shape index (κ3) is 7.61. The van der Waals surface area contributed by atoms with Gasteiger partial charge < -0.3 is 25.5 Å². The number of alkyl carbamates (subject to hydrolysis) is 1. The van der Waals surface area contributed by atoms with Gasteiger partial charge in [-0.3, -0.25) is 9.59 Å². The molecule has 2 unspecified atom stereocenters. The minimum atomic E-state index is -3.66. The molecule has 4 atom stereocenters. The van der Waals surface area contributed by atoms with Crippen LogP contribution in [0.1, 0.15) is 62.7 Å². The highest BCUT2D eigenvalue weighted by Crippen LogP contribution is 2.45. The van der Waals surface area contributed by atoms with E-state index in [-0.39, 0.29) is 34.7 Å². The number of hydrogen-bond acceptors (Lipinski definition) is 5. The van der Waals surface area contributed by atoms with Gasteiger partial charge >= 0.3 is 12.0 Å². The van der Waals surface area contributed by atoms with Crippen molar-refractivity contribution in [1.29, 1.82) is 0 Å². The highest BCUT2D eigenvalue weighted by atomic mass is 35.5. The van der Waals surface area contributed by atoms with Crippen LogP contribution in [0.4, 0.5) is 13.6 Å². The van der Waals surface area contributed by atoms with Gasteiger partial charge in [-0.2, -0.15) is 8.78 Å². The molecule has 1 aliphatic heterocycles. The Morgan fingerprint density at radius 3 is 2.49 bits per heavy atom. The fourth-order valence-corrected chi connectivity index (χ4v) is 5.59. The molecule has 220 valence electrons. The summed E-state index contributed by atoms with van der Waals surface area (Å²) in [5, 5.41) is 7.90. The maximum Gasteiger partial charge on any atom is 0.408 e. The van der Waals surface area contributed by atoms with E-state index in [1.54, 1.807) is 18.2 Å². The lowest BCUT2D eigenvalue weighted by molar-refractivity contribution is -0.129. The molecule has 3 N–H and O–H groups in total. The average Bonchev–Trinajstić information content (AvgIpc) is 3.34. The van der Waals surface area contributed by atoms with Crippen molar-refractivity contribution in [2.75, 3.05) is 6.54 Å². The molecule has 2 aromatic carbocycles. The SMILES string of the molecule is CC1(CC(NC(=O)OC(c2ccccc2)C(F)(F)c2cccc(Cl)c2)C(=O)N[C@H](C=O)C[C@@H]2CCNC2=O)CCC1. The first-order chi connectivity index (χ1) is 19.5. The molecule has 2 fully saturated rings. The summed E-state index contributed by atoms with van der Waals surface area (Å²) in [6, 6.07) is 10.6. The third-order valence-corrected chi connectivity index (χ3v) is 8.16. The van der Waals surface area contributed by atoms with Gasteiger partial charge in [-0.05, 0) is 55.2 Å². The van der Waals surface area contributed by atoms with Gasteiger partial charge in [0.15, 0.2) is 6.10 Å². The summed E-state index contributed by atoms with van der Waals surface area (Å²) in [6.07, 6.45) is 0.842. The summed E-state index contributed by atoms with van der Waals surface area (Å²) >= 11 is 5.96. The molecule has 2 aromatic rings. The second-order valence-electron chi connectivity index (χ2n) is 11.2. The normalized spacial score (nSPS) is 20.1. The largest absolute Gasteiger partial charge is 0.434 e. The van der Waals surface area contributed by atoms with Gasteiger partial charge in [0.2, 0.25) is 11.8 Å². The van der Waals surface area contributed by atoms with Gasteiger partial charge in [0.25, 0.3) is 0 Å². The Balaban J connectivity index is 1.52. The zero-order chi connectivity index (χ0) is 29.6. The number of nitrogens with one attached hydrogen (secondary N) is 3. The summed E-state index contributed by atoms with van der Waals surface area (Å²) in [5.74, 6) is -4.90. The maximum absolute atomic E-state index is 15.8. The van der Waals surface area contributed by atoms with E-state index >= 15 is 8.78 Å². The Bertz CT molecular complexity index is 1260. The van der Waals surface area contributed by atoms with Gasteiger partial charge in [-0.15, -0.1) is 0 Å². The molecular weight excluding hydrogens is 556 g/mol. The molecular formula is C30H34ClF2N3O5. The first-order valence-electron chi connectivity index (χ1n) is 13.7. The predicted molar refractivity (Wildman–Crippen MR) is 148 cm³/mol. The smallest absolute Gasteiger partial charge is 0.408 e. The van der Waals surface area contributed by atoms with Crippen LogP contribution in [0, 0.1) is 11.3 Å². The van der Waals surface area contributed by atoms with Crippen LogP contribution in [0.5, 0.6) is 0 Å². The van der Waals surface area contributed by atoms with Crippen LogP contribution < -0.4 is 16.0 Å². The number of alkyl halides is 2. The molecule has 2 aliphatic rings. The summed E-state index contributed by atoms with van der Waals surface area (Å²) in [4.78, 5) is 50.2. The van der Waals surface area contributed by atoms with Crippen molar-refractivity contribution in [2.45, 2.75) is 69.6 Å². The number of carbonyl (C=O) groups excluding carboxylic acids is 4. The minimum absolute atomic E-state index is 0.0513. The number of hydrogen-bond donors (Lipinski definition) is 3. The van der Waals surface area contributed by atoms with E-state index in [0.717, 1.165) is 25.3 Å². The quantitative estimate of drug-likeness (QED) is 0.300. The second kappa shape index (κ2) is 13.0. The molecule has 0 aromatic heterocycles. The third-order valence-electron chi connectivity index (χ3n) is 7.93. The first kappa shape index (κ1) is 30.4. The molecule has 0 bridgehead atoms. The molecule has 1 saturated carbocycles. The highest BCUT2D eigenvalue weighted by molar-refractivity contribution is 6.30. The molecule has 1 aliphatic carbocycles. The lowest BCUT2D eigenvalue weighted by atomic mass is 9.67. The predicted octanol–water partition coefficient (Wildman–Crippen LogP) is 5.06. The summed E-state index contributed by atoms with van der Waals surface area (Å²) in [5.41, 5.74) is -0.635. The molecule has 0 radical (unpaired) electrons. The number of carbonyl (C=O) groups is 4. The Morgan fingerprint density at radius 2 is 1.90 bits per heavy atom. The van der Waals surface area contributed by atoms with Crippen LogP contribution in [-0.4, -0.2) is 42.8 Å². The monoisotopic (exact) mass is 589 g/mol. The van der Waals surface area contributed by atoms with Crippen LogP contribution in [0.3, 0.4) is 0 Å². The van der Waals surface area contributed by atoms with E-state index in [9.17, 15) is 19.2 Å². The number of amides is 3. The van der Waals surface area contributed by atoms with Crippen LogP contribution in [0.15, 0.2) is 54.6 Å². The molecule has 11 heteroatoms. The topological polar surface area (TPSA) is 114 Å². The summed E-state index contributed by atoms with van der Waals surface area (Å²) < 4.78 is 37.0. The van der Waals surface area contributed by atoms with Crippen LogP contribution in [0.25, 0.3) is 0 Å². The van der Waals surface area contributed by atoms with Crippen LogP contribution in [-0.2, 0) is 25.0 Å². The Hall–Kier alpha value is -3.53. The Kier molecular flexibility index (Phi) is 9.63. The van der Waals surface area contributed by atoms with E-state index in [1.165, 1.54) is 30.3 Å². The Labute approximate surface area is 242 Å². The molecule has 1 saturated heterocycles. The van der Waals surface area contributed by atoms with Gasteiger partial charge in [0, 0.05) is 23.0 Å². The van der Waals surface area contributed by atoms with E-state index < -0.39 is 47.6 Å². The molecule has 41 heavy (non-hydrogen) atoms. The van der Waals surface area contributed by atoms with Gasteiger partial charge in [0.1, 0.15) is 12.3 Å². The number of aldehydes is 1. The molecule has 4 rings (SSSR count). The fraction of sp³-hybridized carbons (Fsp3) is 0.467. The maximum atomic E-state index is 15.8. The number of rotatable bonds is 12. The van der Waals surface area contributed by atoms with Crippen molar-refractivity contribution in [3.63, 3.8) is 0 Å². The fourth-order valence-electron chi connectivity index (χ4n) is 5.40. The van der Waals surface area contributed by atoms with E-state index in [1.807, 2.05) is 6.92 Å². The summed E-state index contributed by atoms with van der Waals surface area (Å²) in [7, 11) is 0.